The van der Waals surface area contributed by atoms with E-state index in [4.69, 9.17) is 33.3 Å². The van der Waals surface area contributed by atoms with Crippen LogP contribution in [-0.4, -0.2) is 47.6 Å². The van der Waals surface area contributed by atoms with Gasteiger partial charge in [0.05, 0.1) is 30.5 Å². The average Bonchev–Trinajstić information content (AvgIpc) is 3.20. The summed E-state index contributed by atoms with van der Waals surface area (Å²) in [5.74, 6) is -1.25. The van der Waals surface area contributed by atoms with Gasteiger partial charge in [0.15, 0.2) is 10.8 Å². The molecule has 32 heavy (non-hydrogen) atoms. The number of alkyl halides is 3. The Morgan fingerprint density at radius 1 is 1.22 bits per heavy atom. The summed E-state index contributed by atoms with van der Waals surface area (Å²) in [7, 11) is 2.44. The maximum Gasteiger partial charge on any atom is 0.436 e. The molecule has 0 amide bonds. The van der Waals surface area contributed by atoms with E-state index in [0.717, 1.165) is 11.3 Å². The Morgan fingerprint density at radius 2 is 1.84 bits per heavy atom. The average molecular weight is 513 g/mol. The van der Waals surface area contributed by atoms with Gasteiger partial charge in [0.2, 0.25) is 0 Å². The van der Waals surface area contributed by atoms with E-state index in [9.17, 15) is 22.8 Å². The van der Waals surface area contributed by atoms with Crippen LogP contribution in [0.4, 0.5) is 18.2 Å². The van der Waals surface area contributed by atoms with Gasteiger partial charge in [0.25, 0.3) is 0 Å². The van der Waals surface area contributed by atoms with E-state index in [2.05, 4.69) is 15.7 Å². The van der Waals surface area contributed by atoms with Gasteiger partial charge in [-0.2, -0.15) is 18.3 Å². The fourth-order valence-corrected chi connectivity index (χ4v) is 4.37. The van der Waals surface area contributed by atoms with Crippen molar-refractivity contribution in [2.45, 2.75) is 33.0 Å². The van der Waals surface area contributed by atoms with Crippen LogP contribution < -0.4 is 10.6 Å². The number of carbonyl (C=O) groups is 2. The van der Waals surface area contributed by atoms with Crippen LogP contribution in [0.5, 0.6) is 0 Å². The zero-order valence-electron chi connectivity index (χ0n) is 17.5. The van der Waals surface area contributed by atoms with E-state index >= 15 is 0 Å². The minimum Gasteiger partial charge on any atom is -0.465 e. The van der Waals surface area contributed by atoms with E-state index < -0.39 is 28.8 Å². The van der Waals surface area contributed by atoms with Crippen molar-refractivity contribution in [1.82, 2.24) is 15.1 Å². The van der Waals surface area contributed by atoms with Gasteiger partial charge < -0.3 is 20.1 Å². The highest BCUT2D eigenvalue weighted by atomic mass is 35.5. The number of thiophene rings is 1. The Bertz CT molecular complexity index is 1040. The number of carbonyl (C=O) groups excluding carboxylic acids is 2. The molecule has 0 atom stereocenters. The molecule has 0 saturated heterocycles. The zero-order valence-corrected chi connectivity index (χ0v) is 19.9. The van der Waals surface area contributed by atoms with Crippen LogP contribution >= 0.6 is 35.2 Å². The second-order valence-electron chi connectivity index (χ2n) is 6.45. The van der Waals surface area contributed by atoms with Crippen molar-refractivity contribution in [2.75, 3.05) is 26.1 Å². The van der Waals surface area contributed by atoms with Crippen molar-refractivity contribution in [3.05, 3.63) is 32.4 Å². The number of halogens is 4. The Morgan fingerprint density at radius 3 is 2.38 bits per heavy atom. The number of ether oxygens (including phenoxy) is 2. The van der Waals surface area contributed by atoms with Gasteiger partial charge in [0, 0.05) is 13.1 Å². The molecular weight excluding hydrogens is 493 g/mol. The molecule has 0 aliphatic carbocycles. The van der Waals surface area contributed by atoms with Gasteiger partial charge in [0.1, 0.15) is 9.88 Å². The van der Waals surface area contributed by atoms with Crippen LogP contribution in [0, 0.1) is 13.8 Å². The van der Waals surface area contributed by atoms with Crippen LogP contribution in [-0.2, 0) is 22.2 Å². The molecule has 2 aromatic heterocycles. The molecule has 0 radical (unpaired) electrons. The van der Waals surface area contributed by atoms with Crippen molar-refractivity contribution in [2.24, 2.45) is 0 Å². The standard InChI is InChI=1S/C18H20ClF3N4O4S2/c1-8-10(15(27)29-3)14(32-12(8)16(28)30-4)24-17(31)23-6-5-7-26-9(2)11(19)13(25-26)18(20,21)22/h5-7H2,1-4H3,(H2,23,24,31). The first-order valence-electron chi connectivity index (χ1n) is 9.07. The molecule has 0 bridgehead atoms. The first-order valence-corrected chi connectivity index (χ1v) is 10.7. The zero-order chi connectivity index (χ0) is 24.2. The van der Waals surface area contributed by atoms with Crippen LogP contribution in [0.25, 0.3) is 0 Å². The van der Waals surface area contributed by atoms with Crippen LogP contribution in [0.3, 0.4) is 0 Å². The van der Waals surface area contributed by atoms with Crippen molar-refractivity contribution in [3.63, 3.8) is 0 Å². The van der Waals surface area contributed by atoms with Crippen LogP contribution in [0.1, 0.15) is 43.4 Å². The summed E-state index contributed by atoms with van der Waals surface area (Å²) >= 11 is 11.9. The number of nitrogens with one attached hydrogen (secondary N) is 2. The van der Waals surface area contributed by atoms with Crippen LogP contribution in [0.15, 0.2) is 0 Å². The number of esters is 2. The number of rotatable bonds is 7. The predicted octanol–water partition coefficient (Wildman–Crippen LogP) is 4.18. The summed E-state index contributed by atoms with van der Waals surface area (Å²) in [6.07, 6.45) is -4.24. The third-order valence-corrected chi connectivity index (χ3v) is 6.25. The fourth-order valence-electron chi connectivity index (χ4n) is 2.74. The van der Waals surface area contributed by atoms with Gasteiger partial charge in [-0.25, -0.2) is 9.59 Å². The molecule has 2 N–H and O–H groups in total. The minimum atomic E-state index is -4.63. The highest BCUT2D eigenvalue weighted by molar-refractivity contribution is 7.80. The van der Waals surface area contributed by atoms with E-state index in [1.54, 1.807) is 6.92 Å². The van der Waals surface area contributed by atoms with E-state index in [0.29, 0.717) is 23.5 Å². The summed E-state index contributed by atoms with van der Waals surface area (Å²) < 4.78 is 49.4. The fraction of sp³-hybridized carbons (Fsp3) is 0.444. The van der Waals surface area contributed by atoms with Gasteiger partial charge in [-0.05, 0) is 38.0 Å². The molecule has 0 aromatic carbocycles. The first kappa shape index (κ1) is 25.9. The third-order valence-electron chi connectivity index (χ3n) is 4.37. The lowest BCUT2D eigenvalue weighted by molar-refractivity contribution is -0.141. The maximum atomic E-state index is 12.9. The molecule has 0 aliphatic heterocycles. The van der Waals surface area contributed by atoms with Crippen molar-refractivity contribution in [1.29, 1.82) is 0 Å². The van der Waals surface area contributed by atoms with Gasteiger partial charge in [-0.15, -0.1) is 11.3 Å². The highest BCUT2D eigenvalue weighted by Crippen LogP contribution is 2.35. The first-order chi connectivity index (χ1) is 14.9. The van der Waals surface area contributed by atoms with Gasteiger partial charge in [-0.3, -0.25) is 4.68 Å². The van der Waals surface area contributed by atoms with Gasteiger partial charge >= 0.3 is 18.1 Å². The molecular formula is C18H20ClF3N4O4S2. The molecule has 0 spiro atoms. The van der Waals surface area contributed by atoms with E-state index in [-0.39, 0.29) is 27.8 Å². The lowest BCUT2D eigenvalue weighted by Gasteiger charge is -2.11. The molecule has 8 nitrogen and oxygen atoms in total. The Labute approximate surface area is 196 Å². The minimum absolute atomic E-state index is 0.152. The van der Waals surface area contributed by atoms with Crippen molar-refractivity contribution >= 4 is 57.2 Å². The molecule has 0 unspecified atom stereocenters. The SMILES string of the molecule is COC(=O)c1sc(NC(=S)NCCCn2nc(C(F)(F)F)c(Cl)c2C)c(C(=O)OC)c1C. The Hall–Kier alpha value is -2.38. The second-order valence-corrected chi connectivity index (χ2v) is 8.25. The summed E-state index contributed by atoms with van der Waals surface area (Å²) in [4.78, 5) is 24.3. The summed E-state index contributed by atoms with van der Waals surface area (Å²) in [5, 5.41) is 9.30. The topological polar surface area (TPSA) is 94.5 Å². The monoisotopic (exact) mass is 512 g/mol. The van der Waals surface area contributed by atoms with E-state index in [1.807, 2.05) is 0 Å². The number of hydrogen-bond acceptors (Lipinski definition) is 7. The third kappa shape index (κ3) is 5.70. The number of nitrogens with zero attached hydrogens (tertiary/aromatic N) is 2. The molecule has 2 heterocycles. The van der Waals surface area contributed by atoms with Crippen molar-refractivity contribution < 1.29 is 32.2 Å². The molecule has 2 aromatic rings. The number of anilines is 1. The molecule has 2 rings (SSSR count). The lowest BCUT2D eigenvalue weighted by Crippen LogP contribution is -2.30. The smallest absolute Gasteiger partial charge is 0.436 e. The van der Waals surface area contributed by atoms with E-state index in [1.165, 1.54) is 25.8 Å². The molecule has 0 aliphatic rings. The Balaban J connectivity index is 2.01. The number of methoxy groups -OCH3 is 2. The van der Waals surface area contributed by atoms with Crippen molar-refractivity contribution in [3.8, 4) is 0 Å². The molecule has 0 saturated carbocycles. The number of aryl methyl sites for hydroxylation is 1. The molecule has 0 fully saturated rings. The number of hydrogen-bond donors (Lipinski definition) is 2. The van der Waals surface area contributed by atoms with Crippen LogP contribution in [0.2, 0.25) is 5.02 Å². The highest BCUT2D eigenvalue weighted by Gasteiger charge is 2.38. The summed E-state index contributed by atoms with van der Waals surface area (Å²) in [6.45, 7) is 3.51. The molecule has 176 valence electrons. The quantitative estimate of drug-likeness (QED) is 0.324. The maximum absolute atomic E-state index is 12.9. The second kappa shape index (κ2) is 10.5. The summed E-state index contributed by atoms with van der Waals surface area (Å²) in [6, 6.07) is 0. The Kier molecular flexibility index (Phi) is 8.48. The molecule has 14 heteroatoms. The number of thiocarbonyl (C=S) groups is 1. The van der Waals surface area contributed by atoms with Gasteiger partial charge in [-0.1, -0.05) is 11.6 Å². The summed E-state index contributed by atoms with van der Waals surface area (Å²) in [5.41, 5.74) is -0.354. The normalized spacial score (nSPS) is 11.2. The number of aromatic nitrogens is 2. The largest absolute Gasteiger partial charge is 0.465 e. The lowest BCUT2D eigenvalue weighted by atomic mass is 10.1. The predicted molar refractivity (Wildman–Crippen MR) is 118 cm³/mol.